The minimum atomic E-state index is -3.72. The van der Waals surface area contributed by atoms with Gasteiger partial charge in [0.1, 0.15) is 17.4 Å². The Labute approximate surface area is 178 Å². The van der Waals surface area contributed by atoms with Crippen molar-refractivity contribution in [1.82, 2.24) is 0 Å². The standard InChI is InChI=1S/C22H18F2N2O4S/c23-16-5-10-20(19(24)13-16)25-22(27)14-30-17-6-8-18(9-7-17)31(28,29)26-12-11-15-3-1-2-4-21(15)26/h1-10,13H,11-12,14H2,(H,25,27). The lowest BCUT2D eigenvalue weighted by atomic mass is 10.2. The van der Waals surface area contributed by atoms with E-state index in [0.717, 1.165) is 17.7 Å². The number of fused-ring (bicyclic) bond motifs is 1. The number of amides is 1. The number of benzene rings is 3. The number of halogens is 2. The van der Waals surface area contributed by atoms with E-state index >= 15 is 0 Å². The fraction of sp³-hybridized carbons (Fsp3) is 0.136. The Kier molecular flexibility index (Phi) is 5.60. The number of anilines is 2. The summed E-state index contributed by atoms with van der Waals surface area (Å²) in [6.07, 6.45) is 0.653. The summed E-state index contributed by atoms with van der Waals surface area (Å²) in [6.45, 7) is -0.0531. The van der Waals surface area contributed by atoms with Crippen LogP contribution in [0.2, 0.25) is 0 Å². The van der Waals surface area contributed by atoms with E-state index in [1.165, 1.54) is 28.6 Å². The molecule has 0 radical (unpaired) electrons. The summed E-state index contributed by atoms with van der Waals surface area (Å²) in [5, 5.41) is 2.28. The summed E-state index contributed by atoms with van der Waals surface area (Å²) < 4.78 is 59.2. The van der Waals surface area contributed by atoms with E-state index in [1.807, 2.05) is 12.1 Å². The van der Waals surface area contributed by atoms with Crippen LogP contribution >= 0.6 is 0 Å². The van der Waals surface area contributed by atoms with Gasteiger partial charge in [0.05, 0.1) is 16.3 Å². The van der Waals surface area contributed by atoms with E-state index in [0.29, 0.717) is 24.7 Å². The molecule has 0 unspecified atom stereocenters. The maximum Gasteiger partial charge on any atom is 0.264 e. The molecule has 0 saturated heterocycles. The molecule has 0 fully saturated rings. The first-order chi connectivity index (χ1) is 14.8. The van der Waals surface area contributed by atoms with Gasteiger partial charge in [-0.1, -0.05) is 18.2 Å². The maximum absolute atomic E-state index is 13.6. The number of hydrogen-bond acceptors (Lipinski definition) is 4. The van der Waals surface area contributed by atoms with Crippen LogP contribution in [-0.4, -0.2) is 27.5 Å². The average molecular weight is 444 g/mol. The third kappa shape index (κ3) is 4.36. The summed E-state index contributed by atoms with van der Waals surface area (Å²) in [7, 11) is -3.72. The quantitative estimate of drug-likeness (QED) is 0.629. The topological polar surface area (TPSA) is 75.7 Å². The Bertz CT molecular complexity index is 1230. The highest BCUT2D eigenvalue weighted by molar-refractivity contribution is 7.92. The molecule has 1 aliphatic rings. The molecule has 0 spiro atoms. The SMILES string of the molecule is O=C(COc1ccc(S(=O)(=O)N2CCc3ccccc32)cc1)Nc1ccc(F)cc1F. The molecule has 31 heavy (non-hydrogen) atoms. The van der Waals surface area contributed by atoms with Crippen LogP contribution in [0, 0.1) is 11.6 Å². The van der Waals surface area contributed by atoms with Crippen molar-refractivity contribution in [2.45, 2.75) is 11.3 Å². The highest BCUT2D eigenvalue weighted by atomic mass is 32.2. The Morgan fingerprint density at radius 3 is 2.52 bits per heavy atom. The molecule has 0 aromatic heterocycles. The fourth-order valence-electron chi connectivity index (χ4n) is 3.32. The van der Waals surface area contributed by atoms with Gasteiger partial charge in [0.15, 0.2) is 6.61 Å². The largest absolute Gasteiger partial charge is 0.484 e. The molecule has 0 bridgehead atoms. The van der Waals surface area contributed by atoms with Crippen molar-refractivity contribution >= 4 is 27.3 Å². The minimum absolute atomic E-state index is 0.106. The highest BCUT2D eigenvalue weighted by Crippen LogP contribution is 2.33. The zero-order chi connectivity index (χ0) is 22.0. The van der Waals surface area contributed by atoms with Gasteiger partial charge < -0.3 is 10.1 Å². The Morgan fingerprint density at radius 1 is 1.03 bits per heavy atom. The molecule has 1 amide bonds. The van der Waals surface area contributed by atoms with Crippen molar-refractivity contribution in [2.24, 2.45) is 0 Å². The molecule has 0 aliphatic carbocycles. The van der Waals surface area contributed by atoms with Gasteiger partial charge in [-0.2, -0.15) is 0 Å². The number of hydrogen-bond donors (Lipinski definition) is 1. The third-order valence-electron chi connectivity index (χ3n) is 4.83. The van der Waals surface area contributed by atoms with Crippen molar-refractivity contribution in [2.75, 3.05) is 22.8 Å². The molecule has 6 nitrogen and oxygen atoms in total. The lowest BCUT2D eigenvalue weighted by Crippen LogP contribution is -2.29. The number of rotatable bonds is 6. The number of carbonyl (C=O) groups excluding carboxylic acids is 1. The van der Waals surface area contributed by atoms with Crippen LogP contribution < -0.4 is 14.4 Å². The molecule has 1 aliphatic heterocycles. The molecular formula is C22H18F2N2O4S. The van der Waals surface area contributed by atoms with Gasteiger partial charge in [-0.15, -0.1) is 0 Å². The number of para-hydroxylation sites is 1. The lowest BCUT2D eigenvalue weighted by molar-refractivity contribution is -0.118. The number of nitrogens with zero attached hydrogens (tertiary/aromatic N) is 1. The molecule has 0 atom stereocenters. The summed E-state index contributed by atoms with van der Waals surface area (Å²) in [6, 6.07) is 15.9. The van der Waals surface area contributed by atoms with Gasteiger partial charge >= 0.3 is 0 Å². The fourth-order valence-corrected chi connectivity index (χ4v) is 4.82. The monoisotopic (exact) mass is 444 g/mol. The van der Waals surface area contributed by atoms with Crippen LogP contribution in [0.4, 0.5) is 20.2 Å². The van der Waals surface area contributed by atoms with Crippen LogP contribution in [0.25, 0.3) is 0 Å². The van der Waals surface area contributed by atoms with E-state index in [-0.39, 0.29) is 16.3 Å². The van der Waals surface area contributed by atoms with Gasteiger partial charge in [0.25, 0.3) is 15.9 Å². The summed E-state index contributed by atoms with van der Waals surface area (Å²) in [5.41, 5.74) is 1.49. The molecular weight excluding hydrogens is 426 g/mol. The first-order valence-corrected chi connectivity index (χ1v) is 10.9. The maximum atomic E-state index is 13.6. The van der Waals surface area contributed by atoms with E-state index < -0.39 is 34.2 Å². The zero-order valence-corrected chi connectivity index (χ0v) is 17.0. The van der Waals surface area contributed by atoms with E-state index in [4.69, 9.17) is 4.74 Å². The van der Waals surface area contributed by atoms with Crippen molar-refractivity contribution in [3.8, 4) is 5.75 Å². The predicted octanol–water partition coefficient (Wildman–Crippen LogP) is 3.73. The Hall–Kier alpha value is -3.46. The molecule has 3 aromatic carbocycles. The summed E-state index contributed by atoms with van der Waals surface area (Å²) in [4.78, 5) is 12.0. The van der Waals surface area contributed by atoms with Gasteiger partial charge in [0, 0.05) is 12.6 Å². The molecule has 3 aromatic rings. The first-order valence-electron chi connectivity index (χ1n) is 9.43. The van der Waals surface area contributed by atoms with Gasteiger partial charge in [-0.3, -0.25) is 9.10 Å². The second-order valence-electron chi connectivity index (χ2n) is 6.89. The van der Waals surface area contributed by atoms with Gasteiger partial charge in [-0.25, -0.2) is 17.2 Å². The average Bonchev–Trinajstić information content (AvgIpc) is 3.20. The van der Waals surface area contributed by atoms with Crippen molar-refractivity contribution < 1.29 is 26.7 Å². The summed E-state index contributed by atoms with van der Waals surface area (Å²) in [5.74, 6) is -2.02. The van der Waals surface area contributed by atoms with Crippen LogP contribution in [-0.2, 0) is 21.2 Å². The van der Waals surface area contributed by atoms with Gasteiger partial charge in [0.2, 0.25) is 0 Å². The van der Waals surface area contributed by atoms with E-state index in [1.54, 1.807) is 12.1 Å². The van der Waals surface area contributed by atoms with E-state index in [2.05, 4.69) is 5.32 Å². The van der Waals surface area contributed by atoms with Crippen LogP contribution in [0.1, 0.15) is 5.56 Å². The number of carbonyl (C=O) groups is 1. The van der Waals surface area contributed by atoms with Crippen LogP contribution in [0.15, 0.2) is 71.6 Å². The molecule has 1 N–H and O–H groups in total. The lowest BCUT2D eigenvalue weighted by Gasteiger charge is -2.19. The van der Waals surface area contributed by atoms with Crippen molar-refractivity contribution in [3.63, 3.8) is 0 Å². The first kappa shape index (κ1) is 20.8. The molecule has 4 rings (SSSR count). The van der Waals surface area contributed by atoms with Crippen molar-refractivity contribution in [3.05, 3.63) is 83.9 Å². The third-order valence-corrected chi connectivity index (χ3v) is 6.66. The second kappa shape index (κ2) is 8.35. The minimum Gasteiger partial charge on any atom is -0.484 e. The van der Waals surface area contributed by atoms with E-state index in [9.17, 15) is 22.0 Å². The van der Waals surface area contributed by atoms with Crippen LogP contribution in [0.5, 0.6) is 5.75 Å². The molecule has 9 heteroatoms. The number of ether oxygens (including phenoxy) is 1. The molecule has 1 heterocycles. The smallest absolute Gasteiger partial charge is 0.264 e. The van der Waals surface area contributed by atoms with Gasteiger partial charge in [-0.05, 0) is 54.4 Å². The Balaban J connectivity index is 1.40. The highest BCUT2D eigenvalue weighted by Gasteiger charge is 2.30. The number of sulfonamides is 1. The summed E-state index contributed by atoms with van der Waals surface area (Å²) >= 11 is 0. The zero-order valence-electron chi connectivity index (χ0n) is 16.2. The Morgan fingerprint density at radius 2 is 1.77 bits per heavy atom. The second-order valence-corrected chi connectivity index (χ2v) is 8.75. The van der Waals surface area contributed by atoms with Crippen molar-refractivity contribution in [1.29, 1.82) is 0 Å². The number of nitrogens with one attached hydrogen (secondary N) is 1. The molecule has 0 saturated carbocycles. The predicted molar refractivity (Wildman–Crippen MR) is 112 cm³/mol. The van der Waals surface area contributed by atoms with Crippen LogP contribution in [0.3, 0.4) is 0 Å². The normalized spacial score (nSPS) is 13.0. The molecule has 160 valence electrons.